The lowest BCUT2D eigenvalue weighted by atomic mass is 10.2. The van der Waals surface area contributed by atoms with Crippen molar-refractivity contribution in [3.8, 4) is 0 Å². The number of carbonyl (C=O) groups excluding carboxylic acids is 2. The maximum atomic E-state index is 12.8. The number of carbonyl (C=O) groups is 2. The van der Waals surface area contributed by atoms with Crippen molar-refractivity contribution in [3.63, 3.8) is 0 Å². The van der Waals surface area contributed by atoms with E-state index < -0.39 is 5.97 Å². The molecule has 0 saturated heterocycles. The van der Waals surface area contributed by atoms with Gasteiger partial charge in [0.05, 0.1) is 35.0 Å². The number of para-hydroxylation sites is 1. The van der Waals surface area contributed by atoms with Gasteiger partial charge in [-0.2, -0.15) is 0 Å². The molecule has 0 bridgehead atoms. The molecule has 1 amide bonds. The first-order chi connectivity index (χ1) is 14.4. The normalized spacial score (nSPS) is 10.8. The van der Waals surface area contributed by atoms with Crippen molar-refractivity contribution in [1.29, 1.82) is 0 Å². The lowest BCUT2D eigenvalue weighted by molar-refractivity contribution is -0.113. The Labute approximate surface area is 182 Å². The quantitative estimate of drug-likeness (QED) is 0.336. The van der Waals surface area contributed by atoms with E-state index in [0.29, 0.717) is 33.3 Å². The third-order valence-electron chi connectivity index (χ3n) is 4.27. The standard InChI is InChI=1S/C21H20ClN3O4S/c1-3-10-25-19(27)14-6-4-5-7-16(14)24-21(25)30-12-18(26)23-17-9-8-13(22)11-15(17)20(28)29-2/h4-9,11H,3,10,12H2,1-2H3,(H,23,26). The highest BCUT2D eigenvalue weighted by Crippen LogP contribution is 2.23. The maximum absolute atomic E-state index is 12.8. The van der Waals surface area contributed by atoms with Crippen LogP contribution in [0.4, 0.5) is 5.69 Å². The van der Waals surface area contributed by atoms with Gasteiger partial charge in [0.15, 0.2) is 5.16 Å². The Morgan fingerprint density at radius 3 is 2.73 bits per heavy atom. The summed E-state index contributed by atoms with van der Waals surface area (Å²) in [4.78, 5) is 41.8. The van der Waals surface area contributed by atoms with Gasteiger partial charge >= 0.3 is 5.97 Å². The molecule has 156 valence electrons. The number of methoxy groups -OCH3 is 1. The molecule has 1 heterocycles. The number of thioether (sulfide) groups is 1. The third kappa shape index (κ3) is 4.83. The van der Waals surface area contributed by atoms with Crippen LogP contribution in [0.2, 0.25) is 5.02 Å². The monoisotopic (exact) mass is 445 g/mol. The van der Waals surface area contributed by atoms with E-state index in [9.17, 15) is 14.4 Å². The molecule has 0 fully saturated rings. The third-order valence-corrected chi connectivity index (χ3v) is 5.48. The first-order valence-electron chi connectivity index (χ1n) is 9.24. The fourth-order valence-electron chi connectivity index (χ4n) is 2.90. The molecule has 30 heavy (non-hydrogen) atoms. The van der Waals surface area contributed by atoms with Gasteiger partial charge in [0.25, 0.3) is 5.56 Å². The minimum Gasteiger partial charge on any atom is -0.465 e. The molecule has 0 aliphatic rings. The zero-order chi connectivity index (χ0) is 21.7. The summed E-state index contributed by atoms with van der Waals surface area (Å²) >= 11 is 7.10. The lowest BCUT2D eigenvalue weighted by Gasteiger charge is -2.13. The Kier molecular flexibility index (Phi) is 7.12. The molecule has 7 nitrogen and oxygen atoms in total. The molecule has 0 saturated carbocycles. The van der Waals surface area contributed by atoms with Crippen molar-refractivity contribution in [2.45, 2.75) is 25.0 Å². The summed E-state index contributed by atoms with van der Waals surface area (Å²) in [6, 6.07) is 11.7. The lowest BCUT2D eigenvalue weighted by Crippen LogP contribution is -2.24. The first-order valence-corrected chi connectivity index (χ1v) is 10.6. The number of nitrogens with zero attached hydrogens (tertiary/aromatic N) is 2. The summed E-state index contributed by atoms with van der Waals surface area (Å²) in [5.74, 6) is -0.941. The van der Waals surface area contributed by atoms with Crippen LogP contribution in [0.25, 0.3) is 10.9 Å². The largest absolute Gasteiger partial charge is 0.465 e. The summed E-state index contributed by atoms with van der Waals surface area (Å²) in [5.41, 5.74) is 0.920. The molecule has 0 spiro atoms. The molecule has 3 aromatic rings. The van der Waals surface area contributed by atoms with Gasteiger partial charge < -0.3 is 10.1 Å². The second kappa shape index (κ2) is 9.77. The Hall–Kier alpha value is -2.84. The topological polar surface area (TPSA) is 90.3 Å². The van der Waals surface area contributed by atoms with Crippen molar-refractivity contribution in [2.75, 3.05) is 18.2 Å². The molecule has 1 N–H and O–H groups in total. The number of aromatic nitrogens is 2. The van der Waals surface area contributed by atoms with E-state index in [0.717, 1.165) is 18.2 Å². The van der Waals surface area contributed by atoms with Gasteiger partial charge in [-0.15, -0.1) is 0 Å². The predicted octanol–water partition coefficient (Wildman–Crippen LogP) is 3.98. The van der Waals surface area contributed by atoms with Crippen LogP contribution in [-0.2, 0) is 16.1 Å². The summed E-state index contributed by atoms with van der Waals surface area (Å²) in [7, 11) is 1.25. The summed E-state index contributed by atoms with van der Waals surface area (Å²) in [5, 5.41) is 4.06. The van der Waals surface area contributed by atoms with Gasteiger partial charge in [-0.1, -0.05) is 42.4 Å². The van der Waals surface area contributed by atoms with Gasteiger partial charge in [-0.05, 0) is 36.8 Å². The van der Waals surface area contributed by atoms with E-state index in [4.69, 9.17) is 16.3 Å². The molecule has 0 aliphatic heterocycles. The molecule has 0 atom stereocenters. The van der Waals surface area contributed by atoms with Gasteiger partial charge in [-0.25, -0.2) is 9.78 Å². The minimum absolute atomic E-state index is 0.0116. The second-order valence-electron chi connectivity index (χ2n) is 6.39. The van der Waals surface area contributed by atoms with Crippen LogP contribution in [0.15, 0.2) is 52.4 Å². The van der Waals surface area contributed by atoms with E-state index in [-0.39, 0.29) is 22.8 Å². The second-order valence-corrected chi connectivity index (χ2v) is 7.77. The van der Waals surface area contributed by atoms with Crippen molar-refractivity contribution in [2.24, 2.45) is 0 Å². The van der Waals surface area contributed by atoms with Crippen molar-refractivity contribution >= 4 is 51.8 Å². The zero-order valence-electron chi connectivity index (χ0n) is 16.5. The maximum Gasteiger partial charge on any atom is 0.340 e. The molecular weight excluding hydrogens is 426 g/mol. The molecule has 9 heteroatoms. The number of fused-ring (bicyclic) bond motifs is 1. The smallest absolute Gasteiger partial charge is 0.340 e. The average Bonchev–Trinajstić information content (AvgIpc) is 2.75. The summed E-state index contributed by atoms with van der Waals surface area (Å²) in [6.45, 7) is 2.47. The van der Waals surface area contributed by atoms with Crippen LogP contribution in [0.1, 0.15) is 23.7 Å². The number of nitrogens with one attached hydrogen (secondary N) is 1. The number of halogens is 1. The fraction of sp³-hybridized carbons (Fsp3) is 0.238. The number of rotatable bonds is 7. The Morgan fingerprint density at radius 2 is 2.00 bits per heavy atom. The highest BCUT2D eigenvalue weighted by Gasteiger charge is 2.16. The van der Waals surface area contributed by atoms with Gasteiger partial charge in [0.1, 0.15) is 0 Å². The molecule has 3 rings (SSSR count). The van der Waals surface area contributed by atoms with Crippen LogP contribution in [0.5, 0.6) is 0 Å². The number of esters is 1. The van der Waals surface area contributed by atoms with Crippen LogP contribution in [0.3, 0.4) is 0 Å². The number of hydrogen-bond donors (Lipinski definition) is 1. The van der Waals surface area contributed by atoms with Crippen molar-refractivity contribution in [1.82, 2.24) is 9.55 Å². The highest BCUT2D eigenvalue weighted by molar-refractivity contribution is 7.99. The van der Waals surface area contributed by atoms with Crippen LogP contribution >= 0.6 is 23.4 Å². The molecule has 0 unspecified atom stereocenters. The zero-order valence-corrected chi connectivity index (χ0v) is 18.0. The van der Waals surface area contributed by atoms with Gasteiger partial charge in [0.2, 0.25) is 5.91 Å². The van der Waals surface area contributed by atoms with E-state index in [1.807, 2.05) is 13.0 Å². The van der Waals surface area contributed by atoms with E-state index in [1.54, 1.807) is 34.9 Å². The Morgan fingerprint density at radius 1 is 1.23 bits per heavy atom. The molecule has 2 aromatic carbocycles. The van der Waals surface area contributed by atoms with E-state index in [1.165, 1.54) is 13.2 Å². The molecule has 1 aromatic heterocycles. The van der Waals surface area contributed by atoms with Crippen molar-refractivity contribution < 1.29 is 14.3 Å². The number of anilines is 1. The highest BCUT2D eigenvalue weighted by atomic mass is 35.5. The SMILES string of the molecule is CCCn1c(SCC(=O)Nc2ccc(Cl)cc2C(=O)OC)nc2ccccc2c1=O. The summed E-state index contributed by atoms with van der Waals surface area (Å²) < 4.78 is 6.32. The number of hydrogen-bond acceptors (Lipinski definition) is 6. The van der Waals surface area contributed by atoms with Crippen LogP contribution in [0, 0.1) is 0 Å². The number of amides is 1. The summed E-state index contributed by atoms with van der Waals surface area (Å²) in [6.07, 6.45) is 0.757. The minimum atomic E-state index is -0.603. The fourth-order valence-corrected chi connectivity index (χ4v) is 3.90. The van der Waals surface area contributed by atoms with E-state index >= 15 is 0 Å². The number of benzene rings is 2. The first kappa shape index (κ1) is 21.9. The van der Waals surface area contributed by atoms with Crippen molar-refractivity contribution in [3.05, 3.63) is 63.4 Å². The molecule has 0 radical (unpaired) electrons. The van der Waals surface area contributed by atoms with Gasteiger partial charge in [-0.3, -0.25) is 14.2 Å². The van der Waals surface area contributed by atoms with Gasteiger partial charge in [0, 0.05) is 11.6 Å². The van der Waals surface area contributed by atoms with Crippen LogP contribution in [-0.4, -0.2) is 34.3 Å². The molecule has 0 aliphatic carbocycles. The van der Waals surface area contributed by atoms with E-state index in [2.05, 4.69) is 10.3 Å². The predicted molar refractivity (Wildman–Crippen MR) is 118 cm³/mol. The molecular formula is C21H20ClN3O4S. The van der Waals surface area contributed by atoms with Crippen LogP contribution < -0.4 is 10.9 Å². The average molecular weight is 446 g/mol. The Bertz CT molecular complexity index is 1160. The Balaban J connectivity index is 1.82. The number of ether oxygens (including phenoxy) is 1.